The molecule has 0 radical (unpaired) electrons. The number of benzene rings is 1. The highest BCUT2D eigenvalue weighted by atomic mass is 31.2. The summed E-state index contributed by atoms with van der Waals surface area (Å²) in [5, 5.41) is 0. The predicted molar refractivity (Wildman–Crippen MR) is 72.5 cm³/mol. The molecule has 0 spiro atoms. The summed E-state index contributed by atoms with van der Waals surface area (Å²) < 4.78 is 28.2. The van der Waals surface area contributed by atoms with Crippen molar-refractivity contribution in [2.75, 3.05) is 13.3 Å². The molecule has 0 aliphatic carbocycles. The van der Waals surface area contributed by atoms with E-state index in [0.29, 0.717) is 5.56 Å². The van der Waals surface area contributed by atoms with Crippen LogP contribution in [0.5, 0.6) is 0 Å². The normalized spacial score (nSPS) is 12.3. The molecular weight excluding hydrogens is 286 g/mol. The van der Waals surface area contributed by atoms with Crippen LogP contribution >= 0.6 is 7.60 Å². The van der Waals surface area contributed by atoms with Crippen LogP contribution in [-0.2, 0) is 14.1 Å². The van der Waals surface area contributed by atoms with Crippen LogP contribution in [0.25, 0.3) is 6.08 Å². The van der Waals surface area contributed by atoms with Gasteiger partial charge >= 0.3 is 13.6 Å². The summed E-state index contributed by atoms with van der Waals surface area (Å²) in [5.74, 6) is -0.955. The first kappa shape index (κ1) is 16.6. The second kappa shape index (κ2) is 7.33. The summed E-state index contributed by atoms with van der Waals surface area (Å²) in [4.78, 5) is 29.1. The van der Waals surface area contributed by atoms with Crippen LogP contribution < -0.4 is 0 Å². The van der Waals surface area contributed by atoms with Gasteiger partial charge < -0.3 is 14.5 Å². The van der Waals surface area contributed by atoms with Gasteiger partial charge in [0.15, 0.2) is 0 Å². The second-order valence-electron chi connectivity index (χ2n) is 4.20. The van der Waals surface area contributed by atoms with Gasteiger partial charge in [-0.05, 0) is 36.6 Å². The molecule has 0 amide bonds. The summed E-state index contributed by atoms with van der Waals surface area (Å²) in [6.45, 7) is 0. The number of ether oxygens (including phenoxy) is 1. The highest BCUT2D eigenvalue weighted by Gasteiger charge is 2.15. The highest BCUT2D eigenvalue weighted by molar-refractivity contribution is 7.51. The summed E-state index contributed by atoms with van der Waals surface area (Å²) in [7, 11) is -2.85. The molecule has 7 heteroatoms. The molecule has 0 atom stereocenters. The van der Waals surface area contributed by atoms with Gasteiger partial charge in [0, 0.05) is 5.57 Å². The van der Waals surface area contributed by atoms with Gasteiger partial charge in [0.05, 0.1) is 13.3 Å². The molecule has 0 aromatic heterocycles. The minimum absolute atomic E-state index is 0.159. The van der Waals surface area contributed by atoms with E-state index >= 15 is 0 Å². The lowest BCUT2D eigenvalue weighted by molar-refractivity contribution is -0.136. The lowest BCUT2D eigenvalue weighted by Gasteiger charge is -2.07. The molecule has 0 unspecified atom stereocenters. The Kier molecular flexibility index (Phi) is 6.07. The van der Waals surface area contributed by atoms with E-state index in [1.165, 1.54) is 37.5 Å². The molecule has 0 aliphatic heterocycles. The maximum Gasteiger partial charge on any atom is 0.333 e. The van der Waals surface area contributed by atoms with Gasteiger partial charge in [-0.2, -0.15) is 0 Å². The van der Waals surface area contributed by atoms with Crippen molar-refractivity contribution in [1.82, 2.24) is 0 Å². The summed E-state index contributed by atoms with van der Waals surface area (Å²) in [6.07, 6.45) is 1.55. The number of carbonyl (C=O) groups is 1. The average molecular weight is 302 g/mol. The lowest BCUT2D eigenvalue weighted by Crippen LogP contribution is -2.05. The smallest absolute Gasteiger partial charge is 0.333 e. The van der Waals surface area contributed by atoms with E-state index in [-0.39, 0.29) is 30.4 Å². The molecule has 110 valence electrons. The van der Waals surface area contributed by atoms with E-state index < -0.39 is 13.6 Å². The predicted octanol–water partition coefficient (Wildman–Crippen LogP) is 2.34. The quantitative estimate of drug-likeness (QED) is 0.479. The van der Waals surface area contributed by atoms with Crippen LogP contribution in [0, 0.1) is 5.82 Å². The first-order chi connectivity index (χ1) is 9.31. The zero-order valence-corrected chi connectivity index (χ0v) is 11.8. The van der Waals surface area contributed by atoms with E-state index in [9.17, 15) is 13.8 Å². The Balaban J connectivity index is 2.81. The Morgan fingerprint density at radius 1 is 1.35 bits per heavy atom. The van der Waals surface area contributed by atoms with E-state index in [1.807, 2.05) is 0 Å². The van der Waals surface area contributed by atoms with Gasteiger partial charge in [0.25, 0.3) is 0 Å². The van der Waals surface area contributed by atoms with Gasteiger partial charge in [0.1, 0.15) is 5.82 Å². The maximum absolute atomic E-state index is 12.8. The fraction of sp³-hybridized carbons (Fsp3) is 0.308. The third-order valence-electron chi connectivity index (χ3n) is 2.55. The van der Waals surface area contributed by atoms with E-state index in [0.717, 1.165) is 0 Å². The van der Waals surface area contributed by atoms with Gasteiger partial charge in [-0.3, -0.25) is 4.57 Å². The third kappa shape index (κ3) is 6.10. The summed E-state index contributed by atoms with van der Waals surface area (Å²) >= 11 is 0. The molecule has 20 heavy (non-hydrogen) atoms. The minimum atomic E-state index is -4.08. The zero-order chi connectivity index (χ0) is 15.2. The molecule has 5 nitrogen and oxygen atoms in total. The van der Waals surface area contributed by atoms with Crippen LogP contribution in [0.3, 0.4) is 0 Å². The molecule has 1 rings (SSSR count). The van der Waals surface area contributed by atoms with Crippen molar-refractivity contribution in [3.63, 3.8) is 0 Å². The Bertz CT molecular complexity index is 532. The molecule has 0 aliphatic rings. The van der Waals surface area contributed by atoms with Crippen LogP contribution in [0.15, 0.2) is 29.8 Å². The van der Waals surface area contributed by atoms with E-state index in [4.69, 9.17) is 9.79 Å². The van der Waals surface area contributed by atoms with Crippen molar-refractivity contribution in [1.29, 1.82) is 0 Å². The maximum atomic E-state index is 12.8. The Hall–Kier alpha value is -1.49. The highest BCUT2D eigenvalue weighted by Crippen LogP contribution is 2.35. The molecule has 0 fully saturated rings. The minimum Gasteiger partial charge on any atom is -0.466 e. The Labute approximate surface area is 116 Å². The molecule has 2 N–H and O–H groups in total. The van der Waals surface area contributed by atoms with Crippen molar-refractivity contribution in [3.05, 3.63) is 41.2 Å². The zero-order valence-electron chi connectivity index (χ0n) is 11.0. The lowest BCUT2D eigenvalue weighted by atomic mass is 10.1. The van der Waals surface area contributed by atoms with Crippen molar-refractivity contribution in [3.8, 4) is 0 Å². The molecule has 1 aromatic carbocycles. The Morgan fingerprint density at radius 3 is 2.45 bits per heavy atom. The monoisotopic (exact) mass is 302 g/mol. The standard InChI is InChI=1S/C13H16FO5P/c1-19-13(15)11(3-2-8-20(16,17)18)9-10-4-6-12(14)7-5-10/h4-7,9H,2-3,8H2,1H3,(H2,16,17,18)/b11-9+. The van der Waals surface area contributed by atoms with Gasteiger partial charge in [0.2, 0.25) is 0 Å². The number of carbonyl (C=O) groups excluding carboxylic acids is 1. The van der Waals surface area contributed by atoms with Crippen LogP contribution in [0.2, 0.25) is 0 Å². The van der Waals surface area contributed by atoms with Crippen molar-refractivity contribution < 1.29 is 28.3 Å². The second-order valence-corrected chi connectivity index (χ2v) is 5.98. The first-order valence-electron chi connectivity index (χ1n) is 5.91. The van der Waals surface area contributed by atoms with Crippen LogP contribution in [0.4, 0.5) is 4.39 Å². The van der Waals surface area contributed by atoms with Crippen molar-refractivity contribution in [2.24, 2.45) is 0 Å². The average Bonchev–Trinajstić information content (AvgIpc) is 2.37. The topological polar surface area (TPSA) is 83.8 Å². The van der Waals surface area contributed by atoms with Crippen LogP contribution in [-0.4, -0.2) is 29.0 Å². The van der Waals surface area contributed by atoms with Gasteiger partial charge in [-0.1, -0.05) is 12.1 Å². The number of methoxy groups -OCH3 is 1. The Morgan fingerprint density at radius 2 is 1.95 bits per heavy atom. The molecule has 0 heterocycles. The summed E-state index contributed by atoms with van der Waals surface area (Å²) in [6, 6.07) is 5.52. The van der Waals surface area contributed by atoms with Gasteiger partial charge in [-0.25, -0.2) is 9.18 Å². The van der Waals surface area contributed by atoms with Crippen LogP contribution in [0.1, 0.15) is 18.4 Å². The molecule has 1 aromatic rings. The number of hydrogen-bond acceptors (Lipinski definition) is 3. The van der Waals surface area contributed by atoms with Crippen molar-refractivity contribution in [2.45, 2.75) is 12.8 Å². The van der Waals surface area contributed by atoms with Crippen molar-refractivity contribution >= 4 is 19.6 Å². The number of rotatable bonds is 6. The summed E-state index contributed by atoms with van der Waals surface area (Å²) in [5.41, 5.74) is 0.899. The first-order valence-corrected chi connectivity index (χ1v) is 7.70. The fourth-order valence-electron chi connectivity index (χ4n) is 1.60. The number of halogens is 1. The molecule has 0 bridgehead atoms. The molecule has 0 saturated heterocycles. The fourth-order valence-corrected chi connectivity index (χ4v) is 2.17. The third-order valence-corrected chi connectivity index (χ3v) is 3.45. The van der Waals surface area contributed by atoms with Gasteiger partial charge in [-0.15, -0.1) is 0 Å². The SMILES string of the molecule is COC(=O)/C(=C/c1ccc(F)cc1)CCCP(=O)(O)O. The van der Waals surface area contributed by atoms with E-state index in [1.54, 1.807) is 0 Å². The molecular formula is C13H16FO5P. The largest absolute Gasteiger partial charge is 0.466 e. The number of esters is 1. The molecule has 0 saturated carbocycles. The number of hydrogen-bond donors (Lipinski definition) is 2. The van der Waals surface area contributed by atoms with E-state index in [2.05, 4.69) is 4.74 Å².